The summed E-state index contributed by atoms with van der Waals surface area (Å²) in [6.07, 6.45) is 1.15. The minimum absolute atomic E-state index is 0.0212. The van der Waals surface area contributed by atoms with Gasteiger partial charge in [0.2, 0.25) is 5.91 Å². The lowest BCUT2D eigenvalue weighted by molar-refractivity contribution is -0.133. The van der Waals surface area contributed by atoms with Gasteiger partial charge in [-0.2, -0.15) is 0 Å². The van der Waals surface area contributed by atoms with Crippen molar-refractivity contribution in [1.82, 2.24) is 15.1 Å². The number of carbonyl (C=O) groups is 1. The van der Waals surface area contributed by atoms with Gasteiger partial charge in [-0.05, 0) is 19.3 Å². The van der Waals surface area contributed by atoms with E-state index in [1.165, 1.54) is 0 Å². The van der Waals surface area contributed by atoms with E-state index in [1.807, 2.05) is 0 Å². The largest absolute Gasteiger partial charge is 0.379 e. The Bertz CT molecular complexity index is 329. The molecule has 2 fully saturated rings. The molecular formula is C15H29N3O2. The molecule has 3 unspecified atom stereocenters. The van der Waals surface area contributed by atoms with Crippen LogP contribution in [0.15, 0.2) is 0 Å². The minimum Gasteiger partial charge on any atom is -0.379 e. The molecule has 0 bridgehead atoms. The van der Waals surface area contributed by atoms with E-state index in [4.69, 9.17) is 4.74 Å². The molecule has 5 nitrogen and oxygen atoms in total. The Morgan fingerprint density at radius 1 is 1.30 bits per heavy atom. The monoisotopic (exact) mass is 283 g/mol. The highest BCUT2D eigenvalue weighted by Crippen LogP contribution is 2.22. The molecule has 2 heterocycles. The first-order valence-corrected chi connectivity index (χ1v) is 7.93. The van der Waals surface area contributed by atoms with E-state index in [2.05, 4.69) is 42.8 Å². The summed E-state index contributed by atoms with van der Waals surface area (Å²) >= 11 is 0. The predicted octanol–water partition coefficient (Wildman–Crippen LogP) is 0.900. The number of amides is 1. The third-order valence-corrected chi connectivity index (χ3v) is 4.38. The fraction of sp³-hybridized carbons (Fsp3) is 0.933. The van der Waals surface area contributed by atoms with Crippen LogP contribution in [-0.2, 0) is 9.53 Å². The van der Waals surface area contributed by atoms with Crippen LogP contribution in [0, 0.1) is 5.92 Å². The first-order chi connectivity index (χ1) is 9.54. The van der Waals surface area contributed by atoms with Crippen LogP contribution in [-0.4, -0.2) is 66.8 Å². The lowest BCUT2D eigenvalue weighted by atomic mass is 10.0. The maximum Gasteiger partial charge on any atom is 0.241 e. The van der Waals surface area contributed by atoms with Crippen LogP contribution in [0.3, 0.4) is 0 Å². The molecule has 3 atom stereocenters. The molecule has 0 radical (unpaired) electrons. The van der Waals surface area contributed by atoms with Gasteiger partial charge in [0.1, 0.15) is 0 Å². The van der Waals surface area contributed by atoms with Gasteiger partial charge in [-0.25, -0.2) is 0 Å². The van der Waals surface area contributed by atoms with Crippen LogP contribution >= 0.6 is 0 Å². The Labute approximate surface area is 122 Å². The number of nitrogens with one attached hydrogen (secondary N) is 1. The molecule has 5 heteroatoms. The van der Waals surface area contributed by atoms with Crippen LogP contribution in [0.5, 0.6) is 0 Å². The molecule has 0 saturated carbocycles. The molecule has 0 aromatic heterocycles. The van der Waals surface area contributed by atoms with Gasteiger partial charge in [0.25, 0.3) is 0 Å². The summed E-state index contributed by atoms with van der Waals surface area (Å²) in [7, 11) is 0. The van der Waals surface area contributed by atoms with Gasteiger partial charge in [-0.1, -0.05) is 20.8 Å². The smallest absolute Gasteiger partial charge is 0.241 e. The Morgan fingerprint density at radius 3 is 2.50 bits per heavy atom. The zero-order valence-electron chi connectivity index (χ0n) is 13.3. The highest BCUT2D eigenvalue weighted by atomic mass is 16.5. The molecule has 0 aromatic rings. The average Bonchev–Trinajstić information content (AvgIpc) is 2.77. The van der Waals surface area contributed by atoms with Crippen LogP contribution in [0.4, 0.5) is 0 Å². The third-order valence-electron chi connectivity index (χ3n) is 4.38. The number of morpholine rings is 1. The van der Waals surface area contributed by atoms with Crippen molar-refractivity contribution in [1.29, 1.82) is 0 Å². The topological polar surface area (TPSA) is 44.8 Å². The Morgan fingerprint density at radius 2 is 1.95 bits per heavy atom. The van der Waals surface area contributed by atoms with E-state index in [-0.39, 0.29) is 24.2 Å². The SMILES string of the molecule is CCC1NC(C(C)C)C(=O)N1C(C)CN1CCOCC1. The molecule has 0 aliphatic carbocycles. The molecule has 0 aromatic carbocycles. The molecule has 1 amide bonds. The molecule has 0 spiro atoms. The number of hydrogen-bond acceptors (Lipinski definition) is 4. The second kappa shape index (κ2) is 6.87. The maximum atomic E-state index is 12.6. The number of rotatable bonds is 5. The van der Waals surface area contributed by atoms with Gasteiger partial charge in [-0.3, -0.25) is 15.0 Å². The fourth-order valence-corrected chi connectivity index (χ4v) is 3.23. The summed E-state index contributed by atoms with van der Waals surface area (Å²) in [4.78, 5) is 17.1. The molecule has 116 valence electrons. The quantitative estimate of drug-likeness (QED) is 0.814. The zero-order valence-corrected chi connectivity index (χ0v) is 13.3. The van der Waals surface area contributed by atoms with E-state index in [1.54, 1.807) is 0 Å². The minimum atomic E-state index is -0.0212. The lowest BCUT2D eigenvalue weighted by Crippen LogP contribution is -2.50. The van der Waals surface area contributed by atoms with Crippen molar-refractivity contribution in [3.8, 4) is 0 Å². The van der Waals surface area contributed by atoms with Crippen molar-refractivity contribution in [2.24, 2.45) is 5.92 Å². The van der Waals surface area contributed by atoms with E-state index < -0.39 is 0 Å². The Balaban J connectivity index is 1.99. The van der Waals surface area contributed by atoms with Crippen molar-refractivity contribution in [2.75, 3.05) is 32.8 Å². The van der Waals surface area contributed by atoms with E-state index in [0.717, 1.165) is 39.3 Å². The third kappa shape index (κ3) is 3.32. The van der Waals surface area contributed by atoms with Gasteiger partial charge >= 0.3 is 0 Å². The number of carbonyl (C=O) groups excluding carboxylic acids is 1. The van der Waals surface area contributed by atoms with Crippen LogP contribution < -0.4 is 5.32 Å². The van der Waals surface area contributed by atoms with Crippen LogP contribution in [0.1, 0.15) is 34.1 Å². The molecule has 2 aliphatic rings. The van der Waals surface area contributed by atoms with Gasteiger partial charge in [0.15, 0.2) is 0 Å². The number of hydrogen-bond donors (Lipinski definition) is 1. The van der Waals surface area contributed by atoms with Crippen molar-refractivity contribution in [2.45, 2.75) is 52.4 Å². The van der Waals surface area contributed by atoms with E-state index in [0.29, 0.717) is 5.92 Å². The fourth-order valence-electron chi connectivity index (χ4n) is 3.23. The molecule has 2 rings (SSSR count). The van der Waals surface area contributed by atoms with Crippen molar-refractivity contribution < 1.29 is 9.53 Å². The van der Waals surface area contributed by atoms with Crippen LogP contribution in [0.25, 0.3) is 0 Å². The Kier molecular flexibility index (Phi) is 5.41. The van der Waals surface area contributed by atoms with E-state index in [9.17, 15) is 4.79 Å². The first-order valence-electron chi connectivity index (χ1n) is 7.93. The van der Waals surface area contributed by atoms with Crippen molar-refractivity contribution in [3.05, 3.63) is 0 Å². The molecule has 20 heavy (non-hydrogen) atoms. The lowest BCUT2D eigenvalue weighted by Gasteiger charge is -2.35. The number of ether oxygens (including phenoxy) is 1. The summed E-state index contributed by atoms with van der Waals surface area (Å²) < 4.78 is 5.38. The average molecular weight is 283 g/mol. The molecule has 2 aliphatic heterocycles. The van der Waals surface area contributed by atoms with Gasteiger partial charge in [0, 0.05) is 25.7 Å². The van der Waals surface area contributed by atoms with Crippen molar-refractivity contribution >= 4 is 5.91 Å². The highest BCUT2D eigenvalue weighted by Gasteiger charge is 2.41. The zero-order chi connectivity index (χ0) is 14.7. The summed E-state index contributed by atoms with van der Waals surface area (Å²) in [6, 6.07) is 0.230. The highest BCUT2D eigenvalue weighted by molar-refractivity contribution is 5.84. The maximum absolute atomic E-state index is 12.6. The van der Waals surface area contributed by atoms with Crippen molar-refractivity contribution in [3.63, 3.8) is 0 Å². The first kappa shape index (κ1) is 15.7. The second-order valence-corrected chi connectivity index (χ2v) is 6.32. The summed E-state index contributed by atoms with van der Waals surface area (Å²) in [5.74, 6) is 0.616. The molecule has 1 N–H and O–H groups in total. The van der Waals surface area contributed by atoms with Gasteiger partial charge in [0.05, 0.1) is 25.4 Å². The normalized spacial score (nSPS) is 30.2. The summed E-state index contributed by atoms with van der Waals surface area (Å²) in [5, 5.41) is 3.49. The number of nitrogens with zero attached hydrogens (tertiary/aromatic N) is 2. The van der Waals surface area contributed by atoms with E-state index >= 15 is 0 Å². The van der Waals surface area contributed by atoms with Gasteiger partial charge < -0.3 is 9.64 Å². The summed E-state index contributed by atoms with van der Waals surface area (Å²) in [6.45, 7) is 13.0. The predicted molar refractivity (Wildman–Crippen MR) is 79.4 cm³/mol. The summed E-state index contributed by atoms with van der Waals surface area (Å²) in [5.41, 5.74) is 0. The Hall–Kier alpha value is -0.650. The van der Waals surface area contributed by atoms with Gasteiger partial charge in [-0.15, -0.1) is 0 Å². The molecule has 2 saturated heterocycles. The standard InChI is InChI=1S/C15H29N3O2/c1-5-13-16-14(11(2)3)15(19)18(13)12(4)10-17-6-8-20-9-7-17/h11-14,16H,5-10H2,1-4H3. The van der Waals surface area contributed by atoms with Crippen LogP contribution in [0.2, 0.25) is 0 Å². The molecular weight excluding hydrogens is 254 g/mol. The second-order valence-electron chi connectivity index (χ2n) is 6.32.